The van der Waals surface area contributed by atoms with Gasteiger partial charge in [0.25, 0.3) is 0 Å². The minimum absolute atomic E-state index is 0.399. The van der Waals surface area contributed by atoms with E-state index in [0.29, 0.717) is 15.7 Å². The van der Waals surface area contributed by atoms with Crippen LogP contribution in [-0.2, 0) is 13.6 Å². The lowest BCUT2D eigenvalue weighted by Crippen LogP contribution is -2.13. The summed E-state index contributed by atoms with van der Waals surface area (Å²) in [5.41, 5.74) is 1.41. The highest BCUT2D eigenvalue weighted by atomic mass is 79.9. The van der Waals surface area contributed by atoms with Crippen molar-refractivity contribution in [3.63, 3.8) is 0 Å². The molecule has 8 heteroatoms. The third-order valence-electron chi connectivity index (χ3n) is 3.23. The second-order valence-electron chi connectivity index (χ2n) is 4.63. The van der Waals surface area contributed by atoms with Gasteiger partial charge in [0.05, 0.1) is 10.0 Å². The molecule has 0 fully saturated rings. The van der Waals surface area contributed by atoms with Crippen molar-refractivity contribution >= 4 is 52.4 Å². The summed E-state index contributed by atoms with van der Waals surface area (Å²) >= 11 is 15.3. The molecular weight excluding hydrogens is 424 g/mol. The smallest absolute Gasteiger partial charge is 0.356 e. The summed E-state index contributed by atoms with van der Waals surface area (Å²) in [6.45, 7) is 0. The molecule has 2 rings (SSSR count). The monoisotopic (exact) mass is 437 g/mol. The SMILES string of the molecule is COP(=O)(OC)[C@H](Nc1ccc(Cl)c(Cl)c1)c1ccc(Br)cc1. The van der Waals surface area contributed by atoms with Gasteiger partial charge in [-0.2, -0.15) is 0 Å². The van der Waals surface area contributed by atoms with Gasteiger partial charge < -0.3 is 14.4 Å². The largest absolute Gasteiger partial charge is 0.368 e. The van der Waals surface area contributed by atoms with E-state index in [4.69, 9.17) is 32.2 Å². The summed E-state index contributed by atoms with van der Waals surface area (Å²) in [7, 11) is -0.716. The van der Waals surface area contributed by atoms with Crippen molar-refractivity contribution in [2.24, 2.45) is 0 Å². The molecule has 0 radical (unpaired) electrons. The van der Waals surface area contributed by atoms with Crippen LogP contribution in [0, 0.1) is 0 Å². The Bertz CT molecular complexity index is 719. The van der Waals surface area contributed by atoms with Crippen molar-refractivity contribution < 1.29 is 13.6 Å². The Kier molecular flexibility index (Phi) is 6.55. The van der Waals surface area contributed by atoms with E-state index < -0.39 is 13.4 Å². The van der Waals surface area contributed by atoms with Gasteiger partial charge in [0, 0.05) is 24.4 Å². The second kappa shape index (κ2) is 8.02. The van der Waals surface area contributed by atoms with E-state index in [-0.39, 0.29) is 0 Å². The summed E-state index contributed by atoms with van der Waals surface area (Å²) in [6, 6.07) is 12.5. The maximum absolute atomic E-state index is 12.9. The van der Waals surface area contributed by atoms with Gasteiger partial charge in [-0.05, 0) is 35.9 Å². The molecule has 4 nitrogen and oxygen atoms in total. The molecule has 0 aliphatic rings. The van der Waals surface area contributed by atoms with Crippen LogP contribution >= 0.6 is 46.7 Å². The maximum Gasteiger partial charge on any atom is 0.356 e. The van der Waals surface area contributed by atoms with Crippen LogP contribution in [0.1, 0.15) is 11.3 Å². The Morgan fingerprint density at radius 3 is 2.17 bits per heavy atom. The number of anilines is 1. The first-order valence-corrected chi connectivity index (χ1v) is 9.74. The van der Waals surface area contributed by atoms with Gasteiger partial charge in [0.1, 0.15) is 0 Å². The lowest BCUT2D eigenvalue weighted by Gasteiger charge is -2.26. The first-order chi connectivity index (χ1) is 10.9. The summed E-state index contributed by atoms with van der Waals surface area (Å²) in [5, 5.41) is 4.00. The Labute approximate surface area is 153 Å². The topological polar surface area (TPSA) is 47.6 Å². The summed E-state index contributed by atoms with van der Waals surface area (Å²) in [4.78, 5) is 0. The van der Waals surface area contributed by atoms with E-state index in [9.17, 15) is 4.57 Å². The van der Waals surface area contributed by atoms with Crippen LogP contribution in [0.4, 0.5) is 5.69 Å². The Balaban J connectivity index is 2.42. The van der Waals surface area contributed by atoms with Crippen molar-refractivity contribution in [2.45, 2.75) is 5.78 Å². The van der Waals surface area contributed by atoms with E-state index in [1.165, 1.54) is 14.2 Å². The van der Waals surface area contributed by atoms with E-state index in [0.717, 1.165) is 10.0 Å². The lowest BCUT2D eigenvalue weighted by molar-refractivity contribution is 0.268. The van der Waals surface area contributed by atoms with Gasteiger partial charge in [-0.1, -0.05) is 51.3 Å². The average Bonchev–Trinajstić information content (AvgIpc) is 2.56. The third-order valence-corrected chi connectivity index (χ3v) is 6.58. The fourth-order valence-electron chi connectivity index (χ4n) is 2.02. The quantitative estimate of drug-likeness (QED) is 0.533. The normalized spacial score (nSPS) is 12.9. The summed E-state index contributed by atoms with van der Waals surface area (Å²) in [6.07, 6.45) is 0. The molecule has 0 unspecified atom stereocenters. The van der Waals surface area contributed by atoms with Crippen molar-refractivity contribution in [3.05, 3.63) is 62.5 Å². The van der Waals surface area contributed by atoms with Crippen LogP contribution in [-0.4, -0.2) is 14.2 Å². The van der Waals surface area contributed by atoms with Crippen LogP contribution in [0.5, 0.6) is 0 Å². The molecule has 0 heterocycles. The molecule has 0 saturated carbocycles. The van der Waals surface area contributed by atoms with Gasteiger partial charge >= 0.3 is 7.60 Å². The zero-order valence-corrected chi connectivity index (χ0v) is 16.4. The zero-order chi connectivity index (χ0) is 17.0. The van der Waals surface area contributed by atoms with E-state index in [1.54, 1.807) is 18.2 Å². The molecular formula is C15H15BrCl2NO3P. The van der Waals surface area contributed by atoms with Crippen molar-refractivity contribution in [3.8, 4) is 0 Å². The Hall–Kier alpha value is -0.550. The molecule has 0 spiro atoms. The number of benzene rings is 2. The molecule has 1 N–H and O–H groups in total. The Morgan fingerprint density at radius 1 is 1.04 bits per heavy atom. The van der Waals surface area contributed by atoms with Crippen molar-refractivity contribution in [1.82, 2.24) is 0 Å². The molecule has 0 aliphatic carbocycles. The fraction of sp³-hybridized carbons (Fsp3) is 0.200. The highest BCUT2D eigenvalue weighted by Gasteiger charge is 2.35. The third kappa shape index (κ3) is 4.50. The van der Waals surface area contributed by atoms with Gasteiger partial charge in [-0.25, -0.2) is 0 Å². The van der Waals surface area contributed by atoms with E-state index >= 15 is 0 Å². The number of halogens is 3. The molecule has 23 heavy (non-hydrogen) atoms. The molecule has 0 amide bonds. The molecule has 124 valence electrons. The fourth-order valence-corrected chi connectivity index (χ4v) is 4.00. The Morgan fingerprint density at radius 2 is 1.65 bits per heavy atom. The van der Waals surface area contributed by atoms with Gasteiger partial charge in [-0.15, -0.1) is 0 Å². The van der Waals surface area contributed by atoms with Gasteiger partial charge in [0.15, 0.2) is 5.78 Å². The van der Waals surface area contributed by atoms with Crippen LogP contribution in [0.3, 0.4) is 0 Å². The van der Waals surface area contributed by atoms with Crippen LogP contribution in [0.15, 0.2) is 46.9 Å². The maximum atomic E-state index is 12.9. The highest BCUT2D eigenvalue weighted by Crippen LogP contribution is 2.59. The predicted octanol–water partition coefficient (Wildman–Crippen LogP) is 6.35. The number of hydrogen-bond acceptors (Lipinski definition) is 4. The standard InChI is InChI=1S/C15H15BrCl2NO3P/c1-21-23(20,22-2)15(10-3-5-11(16)6-4-10)19-12-7-8-13(17)14(18)9-12/h3-9,15,19H,1-2H3/t15-/m0/s1. The summed E-state index contributed by atoms with van der Waals surface area (Å²) < 4.78 is 24.2. The highest BCUT2D eigenvalue weighted by molar-refractivity contribution is 9.10. The molecule has 2 aromatic carbocycles. The molecule has 0 bridgehead atoms. The molecule has 0 aliphatic heterocycles. The average molecular weight is 439 g/mol. The minimum Gasteiger partial charge on any atom is -0.368 e. The van der Waals surface area contributed by atoms with E-state index in [2.05, 4.69) is 21.2 Å². The minimum atomic E-state index is -3.42. The zero-order valence-electron chi connectivity index (χ0n) is 12.4. The second-order valence-corrected chi connectivity index (χ2v) is 8.69. The van der Waals surface area contributed by atoms with Crippen LogP contribution in [0.25, 0.3) is 0 Å². The van der Waals surface area contributed by atoms with Crippen LogP contribution < -0.4 is 5.32 Å². The number of hydrogen-bond donors (Lipinski definition) is 1. The van der Waals surface area contributed by atoms with Crippen LogP contribution in [0.2, 0.25) is 10.0 Å². The van der Waals surface area contributed by atoms with E-state index in [1.807, 2.05) is 24.3 Å². The molecule has 0 saturated heterocycles. The number of nitrogens with one attached hydrogen (secondary N) is 1. The first-order valence-electron chi connectivity index (χ1n) is 6.58. The molecule has 0 aromatic heterocycles. The first kappa shape index (κ1) is 18.8. The van der Waals surface area contributed by atoms with Crippen molar-refractivity contribution in [2.75, 3.05) is 19.5 Å². The van der Waals surface area contributed by atoms with Gasteiger partial charge in [0.2, 0.25) is 0 Å². The molecule has 2 aromatic rings. The predicted molar refractivity (Wildman–Crippen MR) is 98.6 cm³/mol. The molecule has 1 atom stereocenters. The lowest BCUT2D eigenvalue weighted by atomic mass is 10.2. The summed E-state index contributed by atoms with van der Waals surface area (Å²) in [5.74, 6) is -0.692. The van der Waals surface area contributed by atoms with Crippen molar-refractivity contribution in [1.29, 1.82) is 0 Å². The van der Waals surface area contributed by atoms with Gasteiger partial charge in [-0.3, -0.25) is 4.57 Å². The number of rotatable bonds is 6.